The minimum absolute atomic E-state index is 0.0504. The van der Waals surface area contributed by atoms with E-state index in [0.717, 1.165) is 30.3 Å². The molecule has 1 saturated heterocycles. The summed E-state index contributed by atoms with van der Waals surface area (Å²) in [6.07, 6.45) is -9.86. The number of carbonyl (C=O) groups is 2. The van der Waals surface area contributed by atoms with E-state index in [1.165, 1.54) is 0 Å². The van der Waals surface area contributed by atoms with E-state index in [1.54, 1.807) is 0 Å². The number of aliphatic carboxylic acids is 1. The number of carboxylic acid groups (broad SMARTS) is 1. The number of ether oxygens (including phenoxy) is 3. The number of hydrogen-bond acceptors (Lipinski definition) is 14. The van der Waals surface area contributed by atoms with Gasteiger partial charge in [-0.2, -0.15) is 0 Å². The highest BCUT2D eigenvalue weighted by atomic mass is 16.7. The first kappa shape index (κ1) is 27.5. The molecule has 1 aromatic rings. The Morgan fingerprint density at radius 1 is 0.872 bits per heavy atom. The van der Waals surface area contributed by atoms with Crippen LogP contribution in [-0.2, 0) is 19.1 Å². The fourth-order valence-corrected chi connectivity index (χ4v) is 3.82. The van der Waals surface area contributed by atoms with Gasteiger partial charge in [0.05, 0.1) is 5.56 Å². The Labute approximate surface area is 217 Å². The summed E-state index contributed by atoms with van der Waals surface area (Å²) in [5.41, 5.74) is -0.783. The summed E-state index contributed by atoms with van der Waals surface area (Å²) in [7, 11) is 0. The Bertz CT molecular complexity index is 1410. The van der Waals surface area contributed by atoms with Crippen LogP contribution in [0.25, 0.3) is 22.6 Å². The van der Waals surface area contributed by atoms with Crippen molar-refractivity contribution in [1.82, 2.24) is 0 Å². The van der Waals surface area contributed by atoms with Gasteiger partial charge in [-0.3, -0.25) is 14.4 Å². The maximum atomic E-state index is 11.9. The highest BCUT2D eigenvalue weighted by molar-refractivity contribution is 5.90. The van der Waals surface area contributed by atoms with E-state index in [4.69, 9.17) is 23.7 Å². The summed E-state index contributed by atoms with van der Waals surface area (Å²) in [4.78, 5) is 34.1. The van der Waals surface area contributed by atoms with Gasteiger partial charge in [0.25, 0.3) is 0 Å². The maximum Gasteiger partial charge on any atom is 0.317 e. The van der Waals surface area contributed by atoms with Gasteiger partial charge in [-0.1, -0.05) is 0 Å². The van der Waals surface area contributed by atoms with Gasteiger partial charge >= 0.3 is 11.9 Å². The molecule has 5 atom stereocenters. The molecule has 4 rings (SSSR count). The molecule has 15 heteroatoms. The van der Waals surface area contributed by atoms with Crippen molar-refractivity contribution in [2.45, 2.75) is 37.1 Å². The molecule has 0 aromatic heterocycles. The molecule has 2 heterocycles. The van der Waals surface area contributed by atoms with Gasteiger partial charge in [0.1, 0.15) is 49.0 Å². The van der Waals surface area contributed by atoms with Gasteiger partial charge in [-0.25, -0.2) is 0 Å². The number of fused-ring (bicyclic) bond motifs is 1. The third kappa shape index (κ3) is 5.65. The van der Waals surface area contributed by atoms with Crippen LogP contribution in [0.1, 0.15) is 6.42 Å². The number of hydrogen-bond donors (Lipinski definition) is 8. The fraction of sp³-hybridized carbons (Fsp3) is 0.292. The second-order valence-corrected chi connectivity index (χ2v) is 8.54. The van der Waals surface area contributed by atoms with Crippen molar-refractivity contribution < 1.29 is 69.1 Å². The molecule has 0 bridgehead atoms. The van der Waals surface area contributed by atoms with Crippen molar-refractivity contribution in [3.63, 3.8) is 0 Å². The minimum Gasteiger partial charge on any atom is -0.507 e. The first-order chi connectivity index (χ1) is 18.3. The number of esters is 1. The predicted octanol–water partition coefficient (Wildman–Crippen LogP) is -0.562. The third-order valence-corrected chi connectivity index (χ3v) is 5.75. The van der Waals surface area contributed by atoms with Gasteiger partial charge in [0.15, 0.2) is 34.2 Å². The number of aliphatic hydroxyl groups excluding tert-OH is 3. The topological polar surface area (TPSA) is 254 Å². The van der Waals surface area contributed by atoms with Crippen LogP contribution in [-0.4, -0.2) is 90.1 Å². The first-order valence-corrected chi connectivity index (χ1v) is 11.2. The molecule has 2 aliphatic heterocycles. The van der Waals surface area contributed by atoms with E-state index in [2.05, 4.69) is 0 Å². The second kappa shape index (κ2) is 10.7. The van der Waals surface area contributed by atoms with Crippen LogP contribution in [0.5, 0.6) is 28.7 Å². The van der Waals surface area contributed by atoms with E-state index in [9.17, 15) is 50.1 Å². The number of carboxylic acids is 1. The number of benzene rings is 2. The zero-order valence-corrected chi connectivity index (χ0v) is 19.6. The lowest BCUT2D eigenvalue weighted by Crippen LogP contribution is -2.60. The third-order valence-electron chi connectivity index (χ3n) is 5.75. The zero-order chi connectivity index (χ0) is 28.6. The highest BCUT2D eigenvalue weighted by Gasteiger charge is 2.46. The van der Waals surface area contributed by atoms with E-state index in [1.807, 2.05) is 0 Å². The van der Waals surface area contributed by atoms with Crippen LogP contribution >= 0.6 is 0 Å². The molecule has 3 aliphatic rings. The molecule has 0 spiro atoms. The van der Waals surface area contributed by atoms with Crippen LogP contribution in [0.15, 0.2) is 39.5 Å². The lowest BCUT2D eigenvalue weighted by Gasteiger charge is -2.40. The molecule has 0 amide bonds. The van der Waals surface area contributed by atoms with Gasteiger partial charge in [0.2, 0.25) is 6.29 Å². The van der Waals surface area contributed by atoms with Gasteiger partial charge in [-0.05, 0) is 18.2 Å². The summed E-state index contributed by atoms with van der Waals surface area (Å²) in [6, 6.07) is 4.99. The van der Waals surface area contributed by atoms with Crippen molar-refractivity contribution in [2.24, 2.45) is 0 Å². The molecular weight excluding hydrogens is 528 g/mol. The van der Waals surface area contributed by atoms with Crippen LogP contribution in [0, 0.1) is 0 Å². The zero-order valence-electron chi connectivity index (χ0n) is 19.6. The van der Waals surface area contributed by atoms with Crippen molar-refractivity contribution >= 4 is 11.9 Å². The van der Waals surface area contributed by atoms with Gasteiger partial charge < -0.3 is 59.5 Å². The fourth-order valence-electron chi connectivity index (χ4n) is 3.82. The highest BCUT2D eigenvalue weighted by Crippen LogP contribution is 2.45. The molecule has 8 N–H and O–H groups in total. The van der Waals surface area contributed by atoms with E-state index < -0.39 is 84.1 Å². The Hall–Kier alpha value is -4.57. The Morgan fingerprint density at radius 3 is 2.18 bits per heavy atom. The van der Waals surface area contributed by atoms with E-state index in [0.29, 0.717) is 0 Å². The molecule has 1 fully saturated rings. The normalized spacial score (nSPS) is 22.9. The number of phenols is 4. The SMILES string of the molecule is O=C(O)CC(=O)OC[C@H]1O[C@@H](Oc2cc3c(O)cc(=O)cc-3oc2-c2cc(O)c(O)c(O)c2)[C@H](O)[C@@H](O)[C@@H]1O. The number of aromatic hydroxyl groups is 4. The average Bonchev–Trinajstić information content (AvgIpc) is 2.86. The quantitative estimate of drug-likeness (QED) is 0.104. The summed E-state index contributed by atoms with van der Waals surface area (Å²) in [5.74, 6) is -6.31. The van der Waals surface area contributed by atoms with Crippen molar-refractivity contribution in [1.29, 1.82) is 0 Å². The summed E-state index contributed by atoms with van der Waals surface area (Å²) < 4.78 is 21.6. The van der Waals surface area contributed by atoms with Crippen molar-refractivity contribution in [3.05, 3.63) is 40.6 Å². The molecule has 0 radical (unpaired) electrons. The molecule has 15 nitrogen and oxygen atoms in total. The maximum absolute atomic E-state index is 11.9. The summed E-state index contributed by atoms with van der Waals surface area (Å²) >= 11 is 0. The molecule has 0 saturated carbocycles. The molecular formula is C24H22O15. The second-order valence-electron chi connectivity index (χ2n) is 8.54. The van der Waals surface area contributed by atoms with Crippen LogP contribution in [0.4, 0.5) is 0 Å². The number of carbonyl (C=O) groups excluding carboxylic acids is 1. The smallest absolute Gasteiger partial charge is 0.317 e. The van der Waals surface area contributed by atoms with E-state index >= 15 is 0 Å². The molecule has 1 aromatic carbocycles. The predicted molar refractivity (Wildman–Crippen MR) is 124 cm³/mol. The lowest BCUT2D eigenvalue weighted by molar-refractivity contribution is -0.278. The first-order valence-electron chi connectivity index (χ1n) is 11.2. The Morgan fingerprint density at radius 2 is 1.54 bits per heavy atom. The standard InChI is InChI=1S/C24H22O15/c25-9-3-11(26)10-5-15(23(37-14(10)4-9)8-1-12(27)19(32)13(28)2-8)38-24-22(35)21(34)20(33)16(39-24)7-36-18(31)6-17(29)30/h1-5,16,20-22,24,26-28,32-35H,6-7H2,(H,29,30)/t16-,20-,21+,22-,24-/m1/s1. The van der Waals surface area contributed by atoms with Crippen LogP contribution < -0.4 is 10.2 Å². The Kier molecular flexibility index (Phi) is 7.51. The lowest BCUT2D eigenvalue weighted by atomic mass is 9.99. The van der Waals surface area contributed by atoms with Crippen molar-refractivity contribution in [3.8, 4) is 51.4 Å². The molecule has 0 unspecified atom stereocenters. The largest absolute Gasteiger partial charge is 0.507 e. The van der Waals surface area contributed by atoms with Crippen molar-refractivity contribution in [2.75, 3.05) is 6.61 Å². The average molecular weight is 550 g/mol. The van der Waals surface area contributed by atoms with Crippen LogP contribution in [0.2, 0.25) is 0 Å². The molecule has 1 aliphatic carbocycles. The monoisotopic (exact) mass is 550 g/mol. The van der Waals surface area contributed by atoms with Crippen LogP contribution in [0.3, 0.4) is 0 Å². The Balaban J connectivity index is 1.73. The number of rotatable bonds is 7. The van der Waals surface area contributed by atoms with Gasteiger partial charge in [0, 0.05) is 17.7 Å². The minimum atomic E-state index is -1.91. The summed E-state index contributed by atoms with van der Waals surface area (Å²) in [5, 5.41) is 79.6. The van der Waals surface area contributed by atoms with E-state index in [-0.39, 0.29) is 28.4 Å². The number of aliphatic hydroxyl groups is 3. The van der Waals surface area contributed by atoms with Gasteiger partial charge in [-0.15, -0.1) is 0 Å². The summed E-state index contributed by atoms with van der Waals surface area (Å²) in [6.45, 7) is -0.724. The number of phenolic OH excluding ortho intramolecular Hbond substituents is 4. The molecule has 208 valence electrons. The molecule has 39 heavy (non-hydrogen) atoms.